The smallest absolute Gasteiger partial charge is 0.225 e. The van der Waals surface area contributed by atoms with E-state index in [4.69, 9.17) is 4.74 Å². The largest absolute Gasteiger partial charge is 0.389 e. The Hall–Kier alpha value is -1.20. The molecule has 1 aliphatic rings. The first-order valence-corrected chi connectivity index (χ1v) is 5.53. The van der Waals surface area contributed by atoms with Gasteiger partial charge in [-0.3, -0.25) is 0 Å². The van der Waals surface area contributed by atoms with Crippen molar-refractivity contribution >= 4 is 5.95 Å². The highest BCUT2D eigenvalue weighted by Gasteiger charge is 2.15. The van der Waals surface area contributed by atoms with Gasteiger partial charge in [-0.25, -0.2) is 9.97 Å². The van der Waals surface area contributed by atoms with Gasteiger partial charge < -0.3 is 14.7 Å². The average molecular weight is 223 g/mol. The topological polar surface area (TPSA) is 58.5 Å². The van der Waals surface area contributed by atoms with Gasteiger partial charge in [0.05, 0.1) is 19.3 Å². The van der Waals surface area contributed by atoms with Crippen LogP contribution in [0.1, 0.15) is 24.3 Å². The minimum atomic E-state index is -0.515. The normalized spacial score (nSPS) is 18.6. The van der Waals surface area contributed by atoms with Crippen LogP contribution in [0.15, 0.2) is 6.20 Å². The lowest BCUT2D eigenvalue weighted by molar-refractivity contribution is 0.122. The summed E-state index contributed by atoms with van der Waals surface area (Å²) in [6.07, 6.45) is 1.19. The summed E-state index contributed by atoms with van der Waals surface area (Å²) >= 11 is 0. The quantitative estimate of drug-likeness (QED) is 0.798. The molecule has 5 heteroatoms. The van der Waals surface area contributed by atoms with Gasteiger partial charge in [0.15, 0.2) is 0 Å². The van der Waals surface area contributed by atoms with Gasteiger partial charge in [-0.15, -0.1) is 0 Å². The van der Waals surface area contributed by atoms with Gasteiger partial charge in [0.25, 0.3) is 0 Å². The summed E-state index contributed by atoms with van der Waals surface area (Å²) in [7, 11) is 0. The van der Waals surface area contributed by atoms with E-state index in [1.807, 2.05) is 6.92 Å². The molecule has 0 aromatic carbocycles. The van der Waals surface area contributed by atoms with Crippen molar-refractivity contribution in [3.63, 3.8) is 0 Å². The standard InChI is InChI=1S/C11H17N3O2/c1-8-10(9(2)15)7-12-11(13-8)14-3-5-16-6-4-14/h7,9,15H,3-6H2,1-2H3/t9-/m1/s1. The van der Waals surface area contributed by atoms with Crippen LogP contribution in [0, 0.1) is 6.92 Å². The van der Waals surface area contributed by atoms with Gasteiger partial charge >= 0.3 is 0 Å². The number of morpholine rings is 1. The van der Waals surface area contributed by atoms with Crippen molar-refractivity contribution in [1.29, 1.82) is 0 Å². The molecule has 0 aliphatic carbocycles. The first kappa shape index (κ1) is 11.3. The maximum atomic E-state index is 9.49. The van der Waals surface area contributed by atoms with Gasteiger partial charge in [-0.2, -0.15) is 0 Å². The highest BCUT2D eigenvalue weighted by molar-refractivity contribution is 5.33. The van der Waals surface area contributed by atoms with Crippen LogP contribution in [0.5, 0.6) is 0 Å². The lowest BCUT2D eigenvalue weighted by Gasteiger charge is -2.27. The minimum absolute atomic E-state index is 0.515. The van der Waals surface area contributed by atoms with Crippen molar-refractivity contribution in [2.75, 3.05) is 31.2 Å². The minimum Gasteiger partial charge on any atom is -0.389 e. The summed E-state index contributed by atoms with van der Waals surface area (Å²) in [6.45, 7) is 6.72. The van der Waals surface area contributed by atoms with E-state index in [9.17, 15) is 5.11 Å². The monoisotopic (exact) mass is 223 g/mol. The molecule has 1 fully saturated rings. The second kappa shape index (κ2) is 4.76. The molecule has 0 spiro atoms. The molecular formula is C11H17N3O2. The number of hydrogen-bond donors (Lipinski definition) is 1. The highest BCUT2D eigenvalue weighted by atomic mass is 16.5. The maximum Gasteiger partial charge on any atom is 0.225 e. The van der Waals surface area contributed by atoms with Crippen molar-refractivity contribution in [3.05, 3.63) is 17.5 Å². The first-order chi connectivity index (χ1) is 7.68. The number of aliphatic hydroxyl groups is 1. The zero-order valence-electron chi connectivity index (χ0n) is 9.68. The Morgan fingerprint density at radius 2 is 2.12 bits per heavy atom. The predicted molar refractivity (Wildman–Crippen MR) is 60.4 cm³/mol. The van der Waals surface area contributed by atoms with Crippen LogP contribution in [-0.4, -0.2) is 41.4 Å². The summed E-state index contributed by atoms with van der Waals surface area (Å²) in [5.41, 5.74) is 1.63. The summed E-state index contributed by atoms with van der Waals surface area (Å²) < 4.78 is 5.28. The zero-order chi connectivity index (χ0) is 11.5. The lowest BCUT2D eigenvalue weighted by atomic mass is 10.1. The molecule has 2 rings (SSSR count). The molecule has 2 heterocycles. The Labute approximate surface area is 95.1 Å². The van der Waals surface area contributed by atoms with Gasteiger partial charge in [0, 0.05) is 30.5 Å². The Balaban J connectivity index is 2.19. The summed E-state index contributed by atoms with van der Waals surface area (Å²) in [5, 5.41) is 9.49. The predicted octanol–water partition coefficient (Wildman–Crippen LogP) is 0.675. The number of aryl methyl sites for hydroxylation is 1. The number of nitrogens with zero attached hydrogens (tertiary/aromatic N) is 3. The average Bonchev–Trinajstić information content (AvgIpc) is 2.29. The van der Waals surface area contributed by atoms with Crippen LogP contribution >= 0.6 is 0 Å². The SMILES string of the molecule is Cc1nc(N2CCOCC2)ncc1[C@@H](C)O. The van der Waals surface area contributed by atoms with E-state index in [-0.39, 0.29) is 0 Å². The molecule has 1 N–H and O–H groups in total. The fourth-order valence-corrected chi connectivity index (χ4v) is 1.79. The van der Waals surface area contributed by atoms with Crippen molar-refractivity contribution in [2.24, 2.45) is 0 Å². The number of anilines is 1. The summed E-state index contributed by atoms with van der Waals surface area (Å²) in [5.74, 6) is 0.727. The Kier molecular flexibility index (Phi) is 3.36. The van der Waals surface area contributed by atoms with E-state index in [0.717, 1.165) is 43.5 Å². The van der Waals surface area contributed by atoms with Crippen molar-refractivity contribution < 1.29 is 9.84 Å². The van der Waals surface area contributed by atoms with Gasteiger partial charge in [0.1, 0.15) is 0 Å². The molecule has 1 aliphatic heterocycles. The van der Waals surface area contributed by atoms with Gasteiger partial charge in [-0.05, 0) is 13.8 Å². The molecular weight excluding hydrogens is 206 g/mol. The van der Waals surface area contributed by atoms with E-state index in [1.165, 1.54) is 0 Å². The molecule has 1 aromatic rings. The van der Waals surface area contributed by atoms with Gasteiger partial charge in [0.2, 0.25) is 5.95 Å². The third-order valence-electron chi connectivity index (χ3n) is 2.75. The molecule has 1 atom stereocenters. The van der Waals surface area contributed by atoms with Crippen LogP contribution in [0.2, 0.25) is 0 Å². The second-order valence-electron chi connectivity index (χ2n) is 3.99. The lowest BCUT2D eigenvalue weighted by Crippen LogP contribution is -2.37. The van der Waals surface area contributed by atoms with Crippen LogP contribution < -0.4 is 4.90 Å². The van der Waals surface area contributed by atoms with E-state index in [0.29, 0.717) is 0 Å². The molecule has 16 heavy (non-hydrogen) atoms. The number of hydrogen-bond acceptors (Lipinski definition) is 5. The molecule has 1 saturated heterocycles. The number of rotatable bonds is 2. The maximum absolute atomic E-state index is 9.49. The highest BCUT2D eigenvalue weighted by Crippen LogP contribution is 2.17. The molecule has 0 radical (unpaired) electrons. The van der Waals surface area contributed by atoms with E-state index >= 15 is 0 Å². The fourth-order valence-electron chi connectivity index (χ4n) is 1.79. The van der Waals surface area contributed by atoms with Crippen molar-refractivity contribution in [1.82, 2.24) is 9.97 Å². The molecule has 0 saturated carbocycles. The van der Waals surface area contributed by atoms with Crippen LogP contribution in [-0.2, 0) is 4.74 Å². The Bertz CT molecular complexity index is 362. The second-order valence-corrected chi connectivity index (χ2v) is 3.99. The van der Waals surface area contributed by atoms with Gasteiger partial charge in [-0.1, -0.05) is 0 Å². The van der Waals surface area contributed by atoms with Crippen LogP contribution in [0.25, 0.3) is 0 Å². The molecule has 88 valence electrons. The van der Waals surface area contributed by atoms with Crippen LogP contribution in [0.4, 0.5) is 5.95 Å². The summed E-state index contributed by atoms with van der Waals surface area (Å²) in [4.78, 5) is 10.8. The van der Waals surface area contributed by atoms with Crippen molar-refractivity contribution in [2.45, 2.75) is 20.0 Å². The van der Waals surface area contributed by atoms with E-state index < -0.39 is 6.10 Å². The molecule has 1 aromatic heterocycles. The number of aliphatic hydroxyl groups excluding tert-OH is 1. The third-order valence-corrected chi connectivity index (χ3v) is 2.75. The number of aromatic nitrogens is 2. The van der Waals surface area contributed by atoms with E-state index in [1.54, 1.807) is 13.1 Å². The molecule has 0 unspecified atom stereocenters. The molecule has 5 nitrogen and oxygen atoms in total. The number of ether oxygens (including phenoxy) is 1. The zero-order valence-corrected chi connectivity index (χ0v) is 9.68. The van der Waals surface area contributed by atoms with Crippen molar-refractivity contribution in [3.8, 4) is 0 Å². The van der Waals surface area contributed by atoms with Crippen LogP contribution in [0.3, 0.4) is 0 Å². The first-order valence-electron chi connectivity index (χ1n) is 5.53. The third kappa shape index (κ3) is 2.31. The molecule has 0 bridgehead atoms. The summed E-state index contributed by atoms with van der Waals surface area (Å²) in [6, 6.07) is 0. The Morgan fingerprint density at radius 1 is 1.44 bits per heavy atom. The fraction of sp³-hybridized carbons (Fsp3) is 0.636. The van der Waals surface area contributed by atoms with E-state index in [2.05, 4.69) is 14.9 Å². The Morgan fingerprint density at radius 3 is 2.69 bits per heavy atom. The molecule has 0 amide bonds.